The summed E-state index contributed by atoms with van der Waals surface area (Å²) >= 11 is 7.45. The summed E-state index contributed by atoms with van der Waals surface area (Å²) in [5.41, 5.74) is 1.91. The zero-order valence-electron chi connectivity index (χ0n) is 10.5. The zero-order chi connectivity index (χ0) is 13.4. The summed E-state index contributed by atoms with van der Waals surface area (Å²) in [5.74, 6) is -0.394. The minimum atomic E-state index is -0.394. The first kappa shape index (κ1) is 13.0. The van der Waals surface area contributed by atoms with Crippen molar-refractivity contribution in [3.8, 4) is 10.6 Å². The molecular formula is C14H14ClFN2S. The molecule has 1 saturated carbocycles. The van der Waals surface area contributed by atoms with Crippen LogP contribution in [0.1, 0.15) is 23.4 Å². The standard InChI is InChI=1S/C14H14ClFN2S/c1-8-13(7-17-10-3-4-10)19-14(18-8)9-2-5-12(16)11(15)6-9/h2,5-6,10,17H,3-4,7H2,1H3. The molecule has 1 fully saturated rings. The highest BCUT2D eigenvalue weighted by Crippen LogP contribution is 2.31. The van der Waals surface area contributed by atoms with Crippen LogP contribution in [0, 0.1) is 12.7 Å². The normalized spacial score (nSPS) is 14.9. The van der Waals surface area contributed by atoms with Crippen LogP contribution in [0.25, 0.3) is 10.6 Å². The number of thiazole rings is 1. The summed E-state index contributed by atoms with van der Waals surface area (Å²) in [6, 6.07) is 5.42. The molecule has 0 saturated heterocycles. The van der Waals surface area contributed by atoms with Crippen molar-refractivity contribution in [2.45, 2.75) is 32.4 Å². The molecule has 1 aliphatic rings. The Bertz CT molecular complexity index is 607. The molecule has 0 unspecified atom stereocenters. The molecule has 100 valence electrons. The third kappa shape index (κ3) is 2.96. The Balaban J connectivity index is 1.83. The van der Waals surface area contributed by atoms with Gasteiger partial charge in [-0.05, 0) is 38.0 Å². The predicted molar refractivity (Wildman–Crippen MR) is 77.1 cm³/mol. The van der Waals surface area contributed by atoms with E-state index in [0.717, 1.165) is 22.8 Å². The van der Waals surface area contributed by atoms with Crippen molar-refractivity contribution in [2.24, 2.45) is 0 Å². The number of nitrogens with one attached hydrogen (secondary N) is 1. The lowest BCUT2D eigenvalue weighted by Crippen LogP contribution is -2.14. The summed E-state index contributed by atoms with van der Waals surface area (Å²) in [6.07, 6.45) is 2.55. The van der Waals surface area contributed by atoms with Gasteiger partial charge in [0.15, 0.2) is 0 Å². The molecule has 0 atom stereocenters. The van der Waals surface area contributed by atoms with E-state index in [-0.39, 0.29) is 5.02 Å². The van der Waals surface area contributed by atoms with Crippen molar-refractivity contribution >= 4 is 22.9 Å². The predicted octanol–water partition coefficient (Wildman–Crippen LogP) is 4.16. The van der Waals surface area contributed by atoms with E-state index in [1.54, 1.807) is 23.5 Å². The van der Waals surface area contributed by atoms with Crippen molar-refractivity contribution in [1.82, 2.24) is 10.3 Å². The number of halogens is 2. The molecule has 1 aromatic heterocycles. The lowest BCUT2D eigenvalue weighted by Gasteiger charge is -1.99. The van der Waals surface area contributed by atoms with Gasteiger partial charge in [0, 0.05) is 23.0 Å². The molecule has 1 aromatic carbocycles. The molecule has 2 aromatic rings. The maximum Gasteiger partial charge on any atom is 0.141 e. The Morgan fingerprint density at radius 3 is 2.95 bits per heavy atom. The van der Waals surface area contributed by atoms with Crippen molar-refractivity contribution in [2.75, 3.05) is 0 Å². The van der Waals surface area contributed by atoms with Crippen LogP contribution in [-0.2, 0) is 6.54 Å². The maximum absolute atomic E-state index is 13.2. The Morgan fingerprint density at radius 2 is 2.26 bits per heavy atom. The number of hydrogen-bond donors (Lipinski definition) is 1. The number of aryl methyl sites for hydroxylation is 1. The van der Waals surface area contributed by atoms with E-state index in [0.29, 0.717) is 6.04 Å². The van der Waals surface area contributed by atoms with Crippen LogP contribution in [-0.4, -0.2) is 11.0 Å². The van der Waals surface area contributed by atoms with E-state index in [1.165, 1.54) is 23.8 Å². The third-order valence-electron chi connectivity index (χ3n) is 3.19. The smallest absolute Gasteiger partial charge is 0.141 e. The Morgan fingerprint density at radius 1 is 1.47 bits per heavy atom. The number of rotatable bonds is 4. The number of aromatic nitrogens is 1. The molecule has 0 aliphatic heterocycles. The van der Waals surface area contributed by atoms with Gasteiger partial charge in [-0.25, -0.2) is 9.37 Å². The first-order valence-corrected chi connectivity index (χ1v) is 7.48. The van der Waals surface area contributed by atoms with Crippen LogP contribution < -0.4 is 5.32 Å². The molecule has 19 heavy (non-hydrogen) atoms. The average Bonchev–Trinajstić information content (AvgIpc) is 3.14. The SMILES string of the molecule is Cc1nc(-c2ccc(F)c(Cl)c2)sc1CNC1CC1. The summed E-state index contributed by atoms with van der Waals surface area (Å²) in [6.45, 7) is 2.87. The third-order valence-corrected chi connectivity index (χ3v) is 4.68. The van der Waals surface area contributed by atoms with Crippen molar-refractivity contribution in [3.63, 3.8) is 0 Å². The minimum absolute atomic E-state index is 0.142. The Hall–Kier alpha value is -0.970. The fourth-order valence-corrected chi connectivity index (χ4v) is 3.06. The van der Waals surface area contributed by atoms with Gasteiger partial charge in [-0.3, -0.25) is 0 Å². The van der Waals surface area contributed by atoms with E-state index < -0.39 is 5.82 Å². The van der Waals surface area contributed by atoms with Crippen LogP contribution in [0.2, 0.25) is 5.02 Å². The summed E-state index contributed by atoms with van der Waals surface area (Å²) in [7, 11) is 0. The number of benzene rings is 1. The number of hydrogen-bond acceptors (Lipinski definition) is 3. The minimum Gasteiger partial charge on any atom is -0.309 e. The second kappa shape index (κ2) is 5.19. The van der Waals surface area contributed by atoms with Crippen LogP contribution in [0.3, 0.4) is 0 Å². The molecule has 0 spiro atoms. The van der Waals surface area contributed by atoms with Crippen molar-refractivity contribution in [1.29, 1.82) is 0 Å². The second-order valence-electron chi connectivity index (χ2n) is 4.81. The summed E-state index contributed by atoms with van der Waals surface area (Å²) in [4.78, 5) is 5.79. The van der Waals surface area contributed by atoms with Gasteiger partial charge in [-0.2, -0.15) is 0 Å². The van der Waals surface area contributed by atoms with Crippen LogP contribution >= 0.6 is 22.9 Å². The molecule has 1 N–H and O–H groups in total. The highest BCUT2D eigenvalue weighted by atomic mass is 35.5. The zero-order valence-corrected chi connectivity index (χ0v) is 12.1. The lowest BCUT2D eigenvalue weighted by molar-refractivity contribution is 0.628. The van der Waals surface area contributed by atoms with Gasteiger partial charge in [-0.1, -0.05) is 11.6 Å². The van der Waals surface area contributed by atoms with E-state index >= 15 is 0 Å². The van der Waals surface area contributed by atoms with Crippen molar-refractivity contribution < 1.29 is 4.39 Å². The Labute approximate surface area is 120 Å². The van der Waals surface area contributed by atoms with Crippen LogP contribution in [0.5, 0.6) is 0 Å². The fourth-order valence-electron chi connectivity index (χ4n) is 1.87. The quantitative estimate of drug-likeness (QED) is 0.916. The van der Waals surface area contributed by atoms with Gasteiger partial charge >= 0.3 is 0 Å². The molecule has 1 aliphatic carbocycles. The topological polar surface area (TPSA) is 24.9 Å². The number of nitrogens with zero attached hydrogens (tertiary/aromatic N) is 1. The maximum atomic E-state index is 13.2. The van der Waals surface area contributed by atoms with E-state index in [4.69, 9.17) is 11.6 Å². The first-order chi connectivity index (χ1) is 9.13. The molecule has 1 heterocycles. The average molecular weight is 297 g/mol. The molecular weight excluding hydrogens is 283 g/mol. The van der Waals surface area contributed by atoms with Crippen LogP contribution in [0.4, 0.5) is 4.39 Å². The van der Waals surface area contributed by atoms with Gasteiger partial charge in [0.25, 0.3) is 0 Å². The molecule has 0 amide bonds. The highest BCUT2D eigenvalue weighted by Gasteiger charge is 2.21. The molecule has 0 radical (unpaired) electrons. The molecule has 2 nitrogen and oxygen atoms in total. The van der Waals surface area contributed by atoms with Crippen LogP contribution in [0.15, 0.2) is 18.2 Å². The summed E-state index contributed by atoms with van der Waals surface area (Å²) < 4.78 is 13.2. The van der Waals surface area contributed by atoms with E-state index in [1.807, 2.05) is 6.92 Å². The molecule has 0 bridgehead atoms. The lowest BCUT2D eigenvalue weighted by atomic mass is 10.2. The van der Waals surface area contributed by atoms with Gasteiger partial charge in [-0.15, -0.1) is 11.3 Å². The fraction of sp³-hybridized carbons (Fsp3) is 0.357. The van der Waals surface area contributed by atoms with E-state index in [2.05, 4.69) is 10.3 Å². The van der Waals surface area contributed by atoms with Gasteiger partial charge in [0.1, 0.15) is 10.8 Å². The van der Waals surface area contributed by atoms with Gasteiger partial charge < -0.3 is 5.32 Å². The highest BCUT2D eigenvalue weighted by molar-refractivity contribution is 7.15. The van der Waals surface area contributed by atoms with Gasteiger partial charge in [0.05, 0.1) is 10.7 Å². The monoisotopic (exact) mass is 296 g/mol. The molecule has 5 heteroatoms. The van der Waals surface area contributed by atoms with E-state index in [9.17, 15) is 4.39 Å². The Kier molecular flexibility index (Phi) is 3.56. The second-order valence-corrected chi connectivity index (χ2v) is 6.30. The summed E-state index contributed by atoms with van der Waals surface area (Å²) in [5, 5.41) is 4.52. The molecule has 3 rings (SSSR count). The van der Waals surface area contributed by atoms with Gasteiger partial charge in [0.2, 0.25) is 0 Å². The largest absolute Gasteiger partial charge is 0.309 e. The van der Waals surface area contributed by atoms with Crippen molar-refractivity contribution in [3.05, 3.63) is 39.6 Å². The first-order valence-electron chi connectivity index (χ1n) is 6.28.